The molecule has 102 valence electrons. The zero-order valence-corrected chi connectivity index (χ0v) is 11.7. The molecular weight excluding hydrogens is 224 g/mol. The standard InChI is InChI=1S/C15H26N2O/c1-10-11(2)17(6-5-16-10)15(18)9-14-8-12-3-4-13(14)7-12/h10-14,16H,3-9H2,1-2H3. The van der Waals surface area contributed by atoms with Gasteiger partial charge in [-0.15, -0.1) is 0 Å². The third-order valence-electron chi connectivity index (χ3n) is 5.68. The topological polar surface area (TPSA) is 32.3 Å². The van der Waals surface area contributed by atoms with Gasteiger partial charge in [0, 0.05) is 31.6 Å². The van der Waals surface area contributed by atoms with Crippen molar-refractivity contribution in [3.63, 3.8) is 0 Å². The molecule has 3 heteroatoms. The second kappa shape index (κ2) is 4.84. The number of hydrogen-bond acceptors (Lipinski definition) is 2. The van der Waals surface area contributed by atoms with Gasteiger partial charge >= 0.3 is 0 Å². The van der Waals surface area contributed by atoms with Crippen molar-refractivity contribution in [2.24, 2.45) is 17.8 Å². The fourth-order valence-corrected chi connectivity index (χ4v) is 4.38. The van der Waals surface area contributed by atoms with E-state index in [1.54, 1.807) is 0 Å². The van der Waals surface area contributed by atoms with Crippen LogP contribution in [0.3, 0.4) is 0 Å². The molecule has 3 nitrogen and oxygen atoms in total. The third-order valence-corrected chi connectivity index (χ3v) is 5.68. The number of rotatable bonds is 2. The van der Waals surface area contributed by atoms with E-state index in [4.69, 9.17) is 0 Å². The van der Waals surface area contributed by atoms with Gasteiger partial charge in [0.25, 0.3) is 0 Å². The first-order chi connectivity index (χ1) is 8.65. The molecule has 1 amide bonds. The number of carbonyl (C=O) groups excluding carboxylic acids is 1. The maximum absolute atomic E-state index is 12.5. The Bertz CT molecular complexity index is 330. The van der Waals surface area contributed by atoms with Crippen molar-refractivity contribution in [1.82, 2.24) is 10.2 Å². The minimum Gasteiger partial charge on any atom is -0.337 e. The lowest BCUT2D eigenvalue weighted by Crippen LogP contribution is -2.57. The van der Waals surface area contributed by atoms with Gasteiger partial charge in [0.2, 0.25) is 5.91 Å². The summed E-state index contributed by atoms with van der Waals surface area (Å²) in [6.45, 7) is 6.20. The molecule has 1 saturated heterocycles. The highest BCUT2D eigenvalue weighted by atomic mass is 16.2. The predicted octanol–water partition coefficient (Wildman–Crippen LogP) is 2.02. The highest BCUT2D eigenvalue weighted by molar-refractivity contribution is 5.77. The zero-order valence-electron chi connectivity index (χ0n) is 11.7. The molecule has 2 saturated carbocycles. The van der Waals surface area contributed by atoms with Crippen LogP contribution in [0.25, 0.3) is 0 Å². The van der Waals surface area contributed by atoms with E-state index in [0.717, 1.165) is 31.3 Å². The molecule has 5 unspecified atom stereocenters. The average molecular weight is 250 g/mol. The summed E-state index contributed by atoms with van der Waals surface area (Å²) in [5.41, 5.74) is 0. The lowest BCUT2D eigenvalue weighted by atomic mass is 9.86. The Labute approximate surface area is 110 Å². The third kappa shape index (κ3) is 2.18. The van der Waals surface area contributed by atoms with Gasteiger partial charge in [0.05, 0.1) is 0 Å². The molecule has 1 aliphatic heterocycles. The second-order valence-corrected chi connectivity index (χ2v) is 6.71. The van der Waals surface area contributed by atoms with Crippen LogP contribution >= 0.6 is 0 Å². The highest BCUT2D eigenvalue weighted by Crippen LogP contribution is 2.49. The Morgan fingerprint density at radius 3 is 2.78 bits per heavy atom. The van der Waals surface area contributed by atoms with Crippen LogP contribution < -0.4 is 5.32 Å². The van der Waals surface area contributed by atoms with Crippen molar-refractivity contribution in [2.75, 3.05) is 13.1 Å². The smallest absolute Gasteiger partial charge is 0.223 e. The first-order valence-corrected chi connectivity index (χ1v) is 7.68. The van der Waals surface area contributed by atoms with Crippen LogP contribution in [-0.4, -0.2) is 36.0 Å². The summed E-state index contributed by atoms with van der Waals surface area (Å²) in [7, 11) is 0. The van der Waals surface area contributed by atoms with Crippen molar-refractivity contribution in [3.8, 4) is 0 Å². The molecule has 3 rings (SSSR count). The fourth-order valence-electron chi connectivity index (χ4n) is 4.38. The normalized spacial score (nSPS) is 43.4. The Balaban J connectivity index is 1.58. The average Bonchev–Trinajstić information content (AvgIpc) is 2.94. The molecular formula is C15H26N2O. The van der Waals surface area contributed by atoms with Gasteiger partial charge in [-0.1, -0.05) is 6.42 Å². The van der Waals surface area contributed by atoms with Crippen molar-refractivity contribution < 1.29 is 4.79 Å². The lowest BCUT2D eigenvalue weighted by Gasteiger charge is -2.39. The van der Waals surface area contributed by atoms with E-state index in [0.29, 0.717) is 23.9 Å². The minimum absolute atomic E-state index is 0.352. The van der Waals surface area contributed by atoms with Crippen LogP contribution in [0.15, 0.2) is 0 Å². The molecule has 5 atom stereocenters. The van der Waals surface area contributed by atoms with Crippen molar-refractivity contribution in [1.29, 1.82) is 0 Å². The number of carbonyl (C=O) groups is 1. The van der Waals surface area contributed by atoms with Gasteiger partial charge in [-0.3, -0.25) is 4.79 Å². The molecule has 1 N–H and O–H groups in total. The quantitative estimate of drug-likeness (QED) is 0.813. The SMILES string of the molecule is CC1NCCN(C(=O)CC2CC3CCC2C3)C1C. The molecule has 0 aromatic carbocycles. The number of nitrogens with one attached hydrogen (secondary N) is 1. The summed E-state index contributed by atoms with van der Waals surface area (Å²) >= 11 is 0. The first-order valence-electron chi connectivity index (χ1n) is 7.68. The number of hydrogen-bond donors (Lipinski definition) is 1. The van der Waals surface area contributed by atoms with Crippen LogP contribution in [0.5, 0.6) is 0 Å². The Hall–Kier alpha value is -0.570. The summed E-state index contributed by atoms with van der Waals surface area (Å²) in [4.78, 5) is 14.6. The summed E-state index contributed by atoms with van der Waals surface area (Å²) in [5.74, 6) is 2.93. The zero-order chi connectivity index (χ0) is 12.7. The Morgan fingerprint density at radius 1 is 1.28 bits per heavy atom. The van der Waals surface area contributed by atoms with E-state index in [2.05, 4.69) is 24.1 Å². The van der Waals surface area contributed by atoms with Crippen LogP contribution in [0, 0.1) is 17.8 Å². The molecule has 0 radical (unpaired) electrons. The minimum atomic E-state index is 0.352. The largest absolute Gasteiger partial charge is 0.337 e. The molecule has 18 heavy (non-hydrogen) atoms. The van der Waals surface area contributed by atoms with E-state index >= 15 is 0 Å². The lowest BCUT2D eigenvalue weighted by molar-refractivity contribution is -0.136. The molecule has 0 aromatic heterocycles. The van der Waals surface area contributed by atoms with Crippen LogP contribution in [0.2, 0.25) is 0 Å². The van der Waals surface area contributed by atoms with Gasteiger partial charge in [-0.05, 0) is 50.9 Å². The molecule has 0 aromatic rings. The summed E-state index contributed by atoms with van der Waals surface area (Å²) in [6.07, 6.45) is 6.36. The van der Waals surface area contributed by atoms with Crippen molar-refractivity contribution in [3.05, 3.63) is 0 Å². The molecule has 2 aliphatic carbocycles. The summed E-state index contributed by atoms with van der Waals surface area (Å²) in [6, 6.07) is 0.785. The van der Waals surface area contributed by atoms with E-state index in [1.807, 2.05) is 0 Å². The molecule has 1 heterocycles. The van der Waals surface area contributed by atoms with Gasteiger partial charge in [0.15, 0.2) is 0 Å². The maximum Gasteiger partial charge on any atom is 0.223 e. The van der Waals surface area contributed by atoms with Crippen LogP contribution in [0.1, 0.15) is 46.0 Å². The molecule has 3 aliphatic rings. The summed E-state index contributed by atoms with van der Waals surface area (Å²) in [5, 5.41) is 3.44. The van der Waals surface area contributed by atoms with Gasteiger partial charge in [-0.2, -0.15) is 0 Å². The van der Waals surface area contributed by atoms with E-state index < -0.39 is 0 Å². The number of amides is 1. The number of nitrogens with zero attached hydrogens (tertiary/aromatic N) is 1. The highest BCUT2D eigenvalue weighted by Gasteiger charge is 2.41. The Morgan fingerprint density at radius 2 is 2.11 bits per heavy atom. The van der Waals surface area contributed by atoms with Crippen molar-refractivity contribution >= 4 is 5.91 Å². The van der Waals surface area contributed by atoms with Crippen molar-refractivity contribution in [2.45, 2.75) is 58.0 Å². The van der Waals surface area contributed by atoms with Crippen LogP contribution in [0.4, 0.5) is 0 Å². The monoisotopic (exact) mass is 250 g/mol. The van der Waals surface area contributed by atoms with E-state index in [1.165, 1.54) is 25.7 Å². The second-order valence-electron chi connectivity index (χ2n) is 6.71. The van der Waals surface area contributed by atoms with Gasteiger partial charge in [0.1, 0.15) is 0 Å². The van der Waals surface area contributed by atoms with Crippen LogP contribution in [-0.2, 0) is 4.79 Å². The maximum atomic E-state index is 12.5. The van der Waals surface area contributed by atoms with Gasteiger partial charge in [-0.25, -0.2) is 0 Å². The van der Waals surface area contributed by atoms with E-state index in [-0.39, 0.29) is 0 Å². The number of piperazine rings is 1. The summed E-state index contributed by atoms with van der Waals surface area (Å²) < 4.78 is 0. The molecule has 2 bridgehead atoms. The van der Waals surface area contributed by atoms with E-state index in [9.17, 15) is 4.79 Å². The van der Waals surface area contributed by atoms with Gasteiger partial charge < -0.3 is 10.2 Å². The number of fused-ring (bicyclic) bond motifs is 2. The Kier molecular flexibility index (Phi) is 3.35. The molecule has 0 spiro atoms. The molecule has 3 fully saturated rings. The fraction of sp³-hybridized carbons (Fsp3) is 0.933. The predicted molar refractivity (Wildman–Crippen MR) is 72.2 cm³/mol. The first kappa shape index (κ1) is 12.5.